The molecule has 5 unspecified atom stereocenters. The Morgan fingerprint density at radius 3 is 1.14 bits per heavy atom. The van der Waals surface area contributed by atoms with Crippen molar-refractivity contribution in [2.45, 2.75) is 300 Å². The summed E-state index contributed by atoms with van der Waals surface area (Å²) < 4.78 is 19.1. The molecule has 5 aliphatic heterocycles. The van der Waals surface area contributed by atoms with Crippen molar-refractivity contribution in [1.29, 1.82) is 0 Å². The molecule has 9 aromatic carbocycles. The molecule has 0 N–H and O–H groups in total. The van der Waals surface area contributed by atoms with Gasteiger partial charge in [-0.2, -0.15) is 0 Å². The third kappa shape index (κ3) is 13.8. The number of pyridine rings is 1. The summed E-state index contributed by atoms with van der Waals surface area (Å²) in [6.07, 6.45) is 17.4. The predicted octanol–water partition coefficient (Wildman–Crippen LogP) is 30.1. The van der Waals surface area contributed by atoms with Crippen molar-refractivity contribution in [2.75, 3.05) is 24.5 Å². The van der Waals surface area contributed by atoms with Gasteiger partial charge in [-0.3, -0.25) is 0 Å². The molecule has 9 nitrogen and oxygen atoms in total. The summed E-state index contributed by atoms with van der Waals surface area (Å²) >= 11 is 0. The molecule has 117 heavy (non-hydrogen) atoms. The van der Waals surface area contributed by atoms with Crippen LogP contribution in [0.3, 0.4) is 0 Å². The lowest BCUT2D eigenvalue weighted by atomic mass is 9.67. The fourth-order valence-electron chi connectivity index (χ4n) is 24.2. The predicted molar refractivity (Wildman–Crippen MR) is 499 cm³/mol. The van der Waals surface area contributed by atoms with Crippen LogP contribution in [0.2, 0.25) is 0 Å². The van der Waals surface area contributed by atoms with Crippen molar-refractivity contribution >= 4 is 106 Å². The molecular weight excluding hydrogens is 1430 g/mol. The molecule has 5 fully saturated rings. The van der Waals surface area contributed by atoms with E-state index in [1.54, 1.807) is 5.56 Å². The van der Waals surface area contributed by atoms with Gasteiger partial charge in [0.25, 0.3) is 0 Å². The van der Waals surface area contributed by atoms with E-state index in [0.717, 1.165) is 56.5 Å². The third-order valence-corrected chi connectivity index (χ3v) is 30.3. The van der Waals surface area contributed by atoms with Gasteiger partial charge in [-0.1, -0.05) is 226 Å². The van der Waals surface area contributed by atoms with Crippen LogP contribution in [-0.4, -0.2) is 51.8 Å². The lowest BCUT2D eigenvalue weighted by Gasteiger charge is -2.41. The second-order valence-corrected chi connectivity index (χ2v) is 40.6. The van der Waals surface area contributed by atoms with Crippen LogP contribution < -0.4 is 24.5 Å². The standard InChI is InChI=1S/C25H31NO.C22H28N2O.C22H27NO.C21H25N.C18H21N/c1-17-12-13-20-19-10-6-7-11-21(19)27-23(20)22(17)26-18(2)25(16-24(26,3)4)14-8-5-9-15-25;1-13-8-10-16-17-11-9-14(2)23-20(17)25-19(16)18(13)24-15(3)21(4,5)12-22(24,6)7;1-14-11-12-17-16-9-7-8-10-18(16)24-20(17)19(14)23-15(2)21(3,4)13-22(23,5)6;1-16-10-4-6-12-19(16)22-17(2)21(14-8-3-9-15-21)18-11-5-7-13-20(18)22;1-13-9-5-7-11-16(13)19-14(2)18(3,4)15-10-6-8-12-17(15)19/h6-7,10-13,18H,5,8-9,14-16H2,1-4H3;8-11,15H,12H2,1-7H3;7-12,15H,13H2,1-6H3;4-7,10-13,17H,3,8-9,14-15H2,1-2H3;5-12,14H,1-4H3. The molecule has 2 saturated carbocycles. The van der Waals surface area contributed by atoms with E-state index < -0.39 is 0 Å². The SMILES string of the molecule is Cc1ccc2c(n1)oc1c(N3C(C)C(C)(C)CC3(C)C)c(C)ccc12.Cc1ccc2c(oc3ccccc32)c1N1C(C)C(C)(C)CC1(C)C.Cc1ccc2c(oc3ccccc32)c1N1C(C)C2(CCCCC2)CC1(C)C.Cc1ccccc1N1c2ccccc2C(C)(C)C1C.Cc1ccccc1N1c2ccccc2C2(CCCCC2)C1C. The lowest BCUT2D eigenvalue weighted by Crippen LogP contribution is -2.44. The van der Waals surface area contributed by atoms with E-state index in [0.29, 0.717) is 41.0 Å². The first-order valence-electron chi connectivity index (χ1n) is 44.4. The van der Waals surface area contributed by atoms with E-state index in [9.17, 15) is 0 Å². The normalized spacial score (nSPS) is 22.6. The highest BCUT2D eigenvalue weighted by Gasteiger charge is 2.56. The maximum atomic E-state index is 6.45. The second-order valence-electron chi connectivity index (χ2n) is 40.6. The zero-order valence-corrected chi connectivity index (χ0v) is 75.0. The highest BCUT2D eigenvalue weighted by Crippen LogP contribution is 2.60. The van der Waals surface area contributed by atoms with E-state index in [4.69, 9.17) is 13.3 Å². The number of fused-ring (bicyclic) bond motifs is 12. The fraction of sp³-hybridized carbons (Fsp3) is 0.454. The summed E-state index contributed by atoms with van der Waals surface area (Å²) in [4.78, 5) is 17.6. The number of hydrogen-bond acceptors (Lipinski definition) is 9. The molecule has 7 aliphatic rings. The molecule has 0 amide bonds. The minimum absolute atomic E-state index is 0.0876. The highest BCUT2D eigenvalue weighted by molar-refractivity contribution is 6.12. The van der Waals surface area contributed by atoms with E-state index in [1.165, 1.54) is 172 Å². The zero-order valence-electron chi connectivity index (χ0n) is 75.0. The maximum Gasteiger partial charge on any atom is 0.227 e. The Morgan fingerprint density at radius 2 is 0.675 bits per heavy atom. The monoisotopic (exact) mass is 1560 g/mol. The van der Waals surface area contributed by atoms with Gasteiger partial charge in [0.1, 0.15) is 11.2 Å². The summed E-state index contributed by atoms with van der Waals surface area (Å²) in [5.41, 5.74) is 27.6. The first-order valence-corrected chi connectivity index (χ1v) is 44.4. The Hall–Kier alpha value is -9.47. The molecule has 9 heteroatoms. The van der Waals surface area contributed by atoms with Gasteiger partial charge in [0.05, 0.1) is 17.1 Å². The summed E-state index contributed by atoms with van der Waals surface area (Å²) in [5.74, 6) is 0. The molecule has 5 atom stereocenters. The van der Waals surface area contributed by atoms with Crippen LogP contribution in [0.25, 0.3) is 65.9 Å². The molecule has 0 radical (unpaired) electrons. The van der Waals surface area contributed by atoms with E-state index in [2.05, 4.69) is 370 Å². The highest BCUT2D eigenvalue weighted by atomic mass is 16.3. The van der Waals surface area contributed by atoms with Gasteiger partial charge in [0.15, 0.2) is 16.7 Å². The summed E-state index contributed by atoms with van der Waals surface area (Å²) in [5, 5.41) is 7.17. The van der Waals surface area contributed by atoms with Crippen molar-refractivity contribution in [2.24, 2.45) is 16.2 Å². The van der Waals surface area contributed by atoms with E-state index in [1.807, 2.05) is 13.0 Å². The van der Waals surface area contributed by atoms with Gasteiger partial charge in [-0.25, -0.2) is 4.98 Å². The number of hydrogen-bond donors (Lipinski definition) is 0. The van der Waals surface area contributed by atoms with Crippen LogP contribution in [0, 0.1) is 57.8 Å². The van der Waals surface area contributed by atoms with Crippen LogP contribution in [0.5, 0.6) is 0 Å². The zero-order chi connectivity index (χ0) is 83.0. The van der Waals surface area contributed by atoms with Crippen LogP contribution in [0.4, 0.5) is 39.8 Å². The Kier molecular flexibility index (Phi) is 20.9. The molecule has 0 bridgehead atoms. The van der Waals surface area contributed by atoms with Crippen molar-refractivity contribution in [3.8, 4) is 0 Å². The van der Waals surface area contributed by atoms with E-state index >= 15 is 0 Å². The summed E-state index contributed by atoms with van der Waals surface area (Å²) in [7, 11) is 0. The minimum atomic E-state index is 0.0876. The maximum absolute atomic E-state index is 6.45. The number of anilines is 7. The number of rotatable bonds is 5. The largest absolute Gasteiger partial charge is 0.454 e. The first-order chi connectivity index (χ1) is 55.5. The Bertz CT molecular complexity index is 5860. The summed E-state index contributed by atoms with van der Waals surface area (Å²) in [6, 6.07) is 72.2. The number of nitrogens with zero attached hydrogens (tertiary/aromatic N) is 6. The van der Waals surface area contributed by atoms with Crippen LogP contribution in [0.15, 0.2) is 207 Å². The van der Waals surface area contributed by atoms with Gasteiger partial charge in [0, 0.05) is 118 Å². The van der Waals surface area contributed by atoms with Crippen molar-refractivity contribution < 1.29 is 13.3 Å². The summed E-state index contributed by atoms with van der Waals surface area (Å²) in [6.45, 7) is 53.5. The molecule has 13 aromatic rings. The first kappa shape index (κ1) is 81.3. The van der Waals surface area contributed by atoms with Gasteiger partial charge in [-0.05, 0) is 266 Å². The molecular formula is C108H132N6O3. The average molecular weight is 1560 g/mol. The number of aromatic nitrogens is 1. The number of para-hydroxylation sites is 6. The molecule has 2 spiro atoms. The van der Waals surface area contributed by atoms with Gasteiger partial charge in [-0.15, -0.1) is 0 Å². The molecule has 20 rings (SSSR count). The molecule has 3 saturated heterocycles. The molecule has 612 valence electrons. The van der Waals surface area contributed by atoms with E-state index in [-0.39, 0.29) is 32.9 Å². The van der Waals surface area contributed by atoms with Crippen molar-refractivity contribution in [3.05, 3.63) is 239 Å². The molecule has 2 aliphatic carbocycles. The number of benzene rings is 9. The third-order valence-electron chi connectivity index (χ3n) is 30.3. The fourth-order valence-corrected chi connectivity index (χ4v) is 24.2. The Morgan fingerprint density at radius 1 is 0.308 bits per heavy atom. The average Bonchev–Trinajstić information content (AvgIpc) is 1.58. The smallest absolute Gasteiger partial charge is 0.227 e. The van der Waals surface area contributed by atoms with Gasteiger partial charge >= 0.3 is 0 Å². The van der Waals surface area contributed by atoms with Crippen LogP contribution in [-0.2, 0) is 10.8 Å². The van der Waals surface area contributed by atoms with Gasteiger partial charge < -0.3 is 37.8 Å². The molecule has 9 heterocycles. The van der Waals surface area contributed by atoms with Crippen LogP contribution >= 0.6 is 0 Å². The Balaban J connectivity index is 0.000000110. The Labute approximate surface area is 699 Å². The molecule has 4 aromatic heterocycles. The topological polar surface area (TPSA) is 68.5 Å². The van der Waals surface area contributed by atoms with Gasteiger partial charge in [0.2, 0.25) is 5.71 Å². The van der Waals surface area contributed by atoms with Crippen molar-refractivity contribution in [1.82, 2.24) is 4.98 Å². The number of aryl methyl sites for hydroxylation is 6. The number of furan rings is 3. The lowest BCUT2D eigenvalue weighted by molar-refractivity contribution is 0.170. The van der Waals surface area contributed by atoms with Crippen LogP contribution in [0.1, 0.15) is 246 Å². The quantitative estimate of drug-likeness (QED) is 0.168. The second kappa shape index (κ2) is 30.1. The van der Waals surface area contributed by atoms with Crippen molar-refractivity contribution in [3.63, 3.8) is 0 Å². The minimum Gasteiger partial charge on any atom is -0.454 e.